The van der Waals surface area contributed by atoms with E-state index in [4.69, 9.17) is 9.15 Å². The molecule has 0 bridgehead atoms. The lowest BCUT2D eigenvalue weighted by atomic mass is 10.0. The number of carbonyl (C=O) groups excluding carboxylic acids is 2. The second kappa shape index (κ2) is 11.5. The molecule has 0 spiro atoms. The predicted octanol–water partition coefficient (Wildman–Crippen LogP) is 4.38. The Hall–Kier alpha value is -1.82. The quantitative estimate of drug-likeness (QED) is 0.535. The Balaban J connectivity index is 1.62. The summed E-state index contributed by atoms with van der Waals surface area (Å²) in [5, 5.41) is 0. The van der Waals surface area contributed by atoms with Crippen LogP contribution < -0.4 is 0 Å². The fourth-order valence-corrected chi connectivity index (χ4v) is 4.61. The van der Waals surface area contributed by atoms with Gasteiger partial charge in [0.05, 0.1) is 18.9 Å². The standard InChI is InChI=1S/C24H38N2O4/c1-3-19(2)26(23(27)13-12-20-8-4-5-9-20)18-24(28)25(16-21-10-6-14-29-21)17-22-11-7-15-30-22/h6,10,14,19-20,22H,3-5,7-9,11-13,15-18H2,1-2H3. The third-order valence-electron chi connectivity index (χ3n) is 6.72. The lowest BCUT2D eigenvalue weighted by molar-refractivity contribution is -0.143. The number of hydrogen-bond donors (Lipinski definition) is 0. The molecule has 1 aromatic rings. The van der Waals surface area contributed by atoms with Gasteiger partial charge in [0.15, 0.2) is 0 Å². The summed E-state index contributed by atoms with van der Waals surface area (Å²) in [4.78, 5) is 29.9. The maximum atomic E-state index is 13.3. The smallest absolute Gasteiger partial charge is 0.242 e. The van der Waals surface area contributed by atoms with Crippen LogP contribution in [0.5, 0.6) is 0 Å². The number of rotatable bonds is 11. The average molecular weight is 419 g/mol. The van der Waals surface area contributed by atoms with Gasteiger partial charge in [-0.25, -0.2) is 0 Å². The van der Waals surface area contributed by atoms with Gasteiger partial charge in [0.2, 0.25) is 11.8 Å². The molecule has 1 aliphatic heterocycles. The zero-order valence-corrected chi connectivity index (χ0v) is 18.7. The summed E-state index contributed by atoms with van der Waals surface area (Å²) >= 11 is 0. The van der Waals surface area contributed by atoms with E-state index in [9.17, 15) is 9.59 Å². The molecule has 3 rings (SSSR count). The van der Waals surface area contributed by atoms with Crippen LogP contribution in [0.25, 0.3) is 0 Å². The fraction of sp³-hybridized carbons (Fsp3) is 0.750. The van der Waals surface area contributed by atoms with Crippen molar-refractivity contribution < 1.29 is 18.7 Å². The van der Waals surface area contributed by atoms with E-state index in [0.29, 0.717) is 25.4 Å². The summed E-state index contributed by atoms with van der Waals surface area (Å²) in [6, 6.07) is 3.77. The van der Waals surface area contributed by atoms with Crippen LogP contribution in [-0.4, -0.2) is 53.5 Å². The summed E-state index contributed by atoms with van der Waals surface area (Å²) in [7, 11) is 0. The van der Waals surface area contributed by atoms with Gasteiger partial charge in [0, 0.05) is 25.6 Å². The first kappa shape index (κ1) is 22.9. The van der Waals surface area contributed by atoms with E-state index < -0.39 is 0 Å². The highest BCUT2D eigenvalue weighted by Gasteiger charge is 2.28. The third kappa shape index (κ3) is 6.59. The van der Waals surface area contributed by atoms with Gasteiger partial charge in [0.1, 0.15) is 12.3 Å². The van der Waals surface area contributed by atoms with Crippen molar-refractivity contribution in [2.24, 2.45) is 5.92 Å². The van der Waals surface area contributed by atoms with Crippen molar-refractivity contribution in [1.82, 2.24) is 9.80 Å². The number of nitrogens with zero attached hydrogens (tertiary/aromatic N) is 2. The van der Waals surface area contributed by atoms with E-state index in [1.807, 2.05) is 19.1 Å². The second-order valence-corrected chi connectivity index (χ2v) is 8.96. The largest absolute Gasteiger partial charge is 0.467 e. The molecular formula is C24H38N2O4. The highest BCUT2D eigenvalue weighted by atomic mass is 16.5. The molecule has 0 radical (unpaired) electrons. The molecule has 0 aromatic carbocycles. The Kier molecular flexibility index (Phi) is 8.79. The Morgan fingerprint density at radius 1 is 1.17 bits per heavy atom. The fourth-order valence-electron chi connectivity index (χ4n) is 4.61. The molecule has 2 unspecified atom stereocenters. The van der Waals surface area contributed by atoms with Crippen molar-refractivity contribution >= 4 is 11.8 Å². The number of furan rings is 1. The summed E-state index contributed by atoms with van der Waals surface area (Å²) in [6.07, 6.45) is 11.1. The molecule has 168 valence electrons. The summed E-state index contributed by atoms with van der Waals surface area (Å²) in [5.41, 5.74) is 0. The highest BCUT2D eigenvalue weighted by Crippen LogP contribution is 2.29. The third-order valence-corrected chi connectivity index (χ3v) is 6.72. The molecule has 6 nitrogen and oxygen atoms in total. The van der Waals surface area contributed by atoms with E-state index in [0.717, 1.165) is 38.1 Å². The molecule has 2 amide bonds. The summed E-state index contributed by atoms with van der Waals surface area (Å²) in [5.74, 6) is 1.51. The average Bonchev–Trinajstić information content (AvgIpc) is 3.52. The van der Waals surface area contributed by atoms with E-state index in [1.165, 1.54) is 25.7 Å². The molecule has 1 saturated heterocycles. The molecule has 2 atom stereocenters. The van der Waals surface area contributed by atoms with Gasteiger partial charge in [-0.2, -0.15) is 0 Å². The van der Waals surface area contributed by atoms with Crippen LogP contribution in [0, 0.1) is 5.92 Å². The first-order chi connectivity index (χ1) is 14.6. The van der Waals surface area contributed by atoms with Crippen molar-refractivity contribution in [3.63, 3.8) is 0 Å². The van der Waals surface area contributed by atoms with Crippen molar-refractivity contribution in [2.75, 3.05) is 19.7 Å². The molecule has 1 aliphatic carbocycles. The number of ether oxygens (including phenoxy) is 1. The number of carbonyl (C=O) groups is 2. The van der Waals surface area contributed by atoms with Crippen LogP contribution in [0.4, 0.5) is 0 Å². The van der Waals surface area contributed by atoms with Crippen molar-refractivity contribution in [3.8, 4) is 0 Å². The maximum absolute atomic E-state index is 13.3. The van der Waals surface area contributed by atoms with Crippen LogP contribution in [-0.2, 0) is 20.9 Å². The minimum absolute atomic E-state index is 0.0311. The zero-order valence-electron chi connectivity index (χ0n) is 18.7. The van der Waals surface area contributed by atoms with Gasteiger partial charge in [-0.3, -0.25) is 9.59 Å². The van der Waals surface area contributed by atoms with E-state index in [-0.39, 0.29) is 30.5 Å². The second-order valence-electron chi connectivity index (χ2n) is 8.96. The summed E-state index contributed by atoms with van der Waals surface area (Å²) in [6.45, 7) is 5.95. The maximum Gasteiger partial charge on any atom is 0.242 e. The van der Waals surface area contributed by atoms with Crippen LogP contribution in [0.15, 0.2) is 22.8 Å². The molecule has 30 heavy (non-hydrogen) atoms. The van der Waals surface area contributed by atoms with Gasteiger partial charge in [0.25, 0.3) is 0 Å². The zero-order chi connectivity index (χ0) is 21.3. The lowest BCUT2D eigenvalue weighted by Gasteiger charge is -2.32. The molecular weight excluding hydrogens is 380 g/mol. The van der Waals surface area contributed by atoms with Crippen molar-refractivity contribution in [3.05, 3.63) is 24.2 Å². The molecule has 1 aromatic heterocycles. The highest BCUT2D eigenvalue weighted by molar-refractivity contribution is 5.85. The molecule has 2 aliphatic rings. The Morgan fingerprint density at radius 2 is 1.97 bits per heavy atom. The van der Waals surface area contributed by atoms with Crippen LogP contribution >= 0.6 is 0 Å². The van der Waals surface area contributed by atoms with Crippen molar-refractivity contribution in [1.29, 1.82) is 0 Å². The van der Waals surface area contributed by atoms with Crippen LogP contribution in [0.1, 0.15) is 77.4 Å². The molecule has 2 fully saturated rings. The lowest BCUT2D eigenvalue weighted by Crippen LogP contribution is -2.47. The predicted molar refractivity (Wildman–Crippen MR) is 116 cm³/mol. The minimum Gasteiger partial charge on any atom is -0.467 e. The monoisotopic (exact) mass is 418 g/mol. The number of amides is 2. The molecule has 1 saturated carbocycles. The van der Waals surface area contributed by atoms with Gasteiger partial charge >= 0.3 is 0 Å². The van der Waals surface area contributed by atoms with Crippen LogP contribution in [0.3, 0.4) is 0 Å². The van der Waals surface area contributed by atoms with E-state index in [1.54, 1.807) is 16.1 Å². The number of hydrogen-bond acceptors (Lipinski definition) is 4. The van der Waals surface area contributed by atoms with Crippen LogP contribution in [0.2, 0.25) is 0 Å². The van der Waals surface area contributed by atoms with Gasteiger partial charge in [-0.15, -0.1) is 0 Å². The Morgan fingerprint density at radius 3 is 2.60 bits per heavy atom. The topological polar surface area (TPSA) is 63.0 Å². The Bertz CT molecular complexity index is 648. The molecule has 6 heteroatoms. The molecule has 2 heterocycles. The van der Waals surface area contributed by atoms with Gasteiger partial charge in [-0.1, -0.05) is 32.6 Å². The van der Waals surface area contributed by atoms with E-state index >= 15 is 0 Å². The SMILES string of the molecule is CCC(C)N(CC(=O)N(Cc1ccco1)CC1CCCO1)C(=O)CCC1CCCC1. The minimum atomic E-state index is -0.0311. The Labute approximate surface area is 180 Å². The first-order valence-corrected chi connectivity index (χ1v) is 11.8. The summed E-state index contributed by atoms with van der Waals surface area (Å²) < 4.78 is 11.2. The van der Waals surface area contributed by atoms with E-state index in [2.05, 4.69) is 6.92 Å². The van der Waals surface area contributed by atoms with Gasteiger partial charge in [-0.05, 0) is 50.7 Å². The first-order valence-electron chi connectivity index (χ1n) is 11.8. The van der Waals surface area contributed by atoms with Crippen molar-refractivity contribution in [2.45, 2.75) is 90.3 Å². The molecule has 0 N–H and O–H groups in total. The normalized spacial score (nSPS) is 20.4. The van der Waals surface area contributed by atoms with Gasteiger partial charge < -0.3 is 19.0 Å².